The zero-order valence-corrected chi connectivity index (χ0v) is 14.4. The SMILES string of the molecule is CN(C)C(=O)Cc1ccc(NS(=O)(=O)c2ccc(Cl)cc2)cc1. The van der Waals surface area contributed by atoms with Gasteiger partial charge in [-0.2, -0.15) is 0 Å². The summed E-state index contributed by atoms with van der Waals surface area (Å²) in [7, 11) is -0.280. The van der Waals surface area contributed by atoms with E-state index >= 15 is 0 Å². The quantitative estimate of drug-likeness (QED) is 0.899. The molecule has 0 radical (unpaired) electrons. The van der Waals surface area contributed by atoms with Crippen LogP contribution in [-0.2, 0) is 21.2 Å². The average Bonchev–Trinajstić information content (AvgIpc) is 2.49. The highest BCUT2D eigenvalue weighted by atomic mass is 35.5. The third-order valence-corrected chi connectivity index (χ3v) is 4.83. The molecule has 0 aliphatic heterocycles. The lowest BCUT2D eigenvalue weighted by molar-refractivity contribution is -0.127. The Kier molecular flexibility index (Phi) is 5.28. The van der Waals surface area contributed by atoms with Gasteiger partial charge in [-0.05, 0) is 42.0 Å². The Morgan fingerprint density at radius 3 is 2.13 bits per heavy atom. The number of likely N-dealkylation sites (N-methyl/N-ethyl adjacent to an activating group) is 1. The number of hydrogen-bond donors (Lipinski definition) is 1. The van der Waals surface area contributed by atoms with Crippen LogP contribution in [0.4, 0.5) is 5.69 Å². The Balaban J connectivity index is 2.11. The predicted molar refractivity (Wildman–Crippen MR) is 91.1 cm³/mol. The second-order valence-electron chi connectivity index (χ2n) is 5.22. The number of benzene rings is 2. The van der Waals surface area contributed by atoms with Crippen molar-refractivity contribution in [3.63, 3.8) is 0 Å². The van der Waals surface area contributed by atoms with Crippen molar-refractivity contribution in [1.29, 1.82) is 0 Å². The normalized spacial score (nSPS) is 11.1. The summed E-state index contributed by atoms with van der Waals surface area (Å²) in [6.45, 7) is 0. The third-order valence-electron chi connectivity index (χ3n) is 3.18. The van der Waals surface area contributed by atoms with Gasteiger partial charge >= 0.3 is 0 Å². The predicted octanol–water partition coefficient (Wildman–Crippen LogP) is 2.77. The molecular weight excluding hydrogens is 336 g/mol. The maximum absolute atomic E-state index is 12.2. The van der Waals surface area contributed by atoms with Crippen LogP contribution in [0.2, 0.25) is 5.02 Å². The van der Waals surface area contributed by atoms with Gasteiger partial charge in [0.15, 0.2) is 0 Å². The molecule has 0 spiro atoms. The van der Waals surface area contributed by atoms with Crippen LogP contribution in [0.1, 0.15) is 5.56 Å². The molecule has 2 aromatic rings. The van der Waals surface area contributed by atoms with Crippen LogP contribution in [0.25, 0.3) is 0 Å². The Morgan fingerprint density at radius 1 is 1.04 bits per heavy atom. The lowest BCUT2D eigenvalue weighted by Crippen LogP contribution is -2.23. The summed E-state index contributed by atoms with van der Waals surface area (Å²) in [6, 6.07) is 12.6. The minimum atomic E-state index is -3.66. The van der Waals surface area contributed by atoms with Crippen molar-refractivity contribution < 1.29 is 13.2 Å². The highest BCUT2D eigenvalue weighted by molar-refractivity contribution is 7.92. The Labute approximate surface area is 140 Å². The molecule has 0 bridgehead atoms. The van der Waals surface area contributed by atoms with Crippen LogP contribution in [0.3, 0.4) is 0 Å². The molecule has 0 fully saturated rings. The number of hydrogen-bond acceptors (Lipinski definition) is 3. The van der Waals surface area contributed by atoms with Gasteiger partial charge in [0.2, 0.25) is 5.91 Å². The molecule has 2 rings (SSSR count). The van der Waals surface area contributed by atoms with Crippen LogP contribution in [0.15, 0.2) is 53.4 Å². The lowest BCUT2D eigenvalue weighted by Gasteiger charge is -2.11. The van der Waals surface area contributed by atoms with Crippen molar-refractivity contribution in [2.24, 2.45) is 0 Å². The molecule has 0 aliphatic rings. The van der Waals surface area contributed by atoms with Gasteiger partial charge in [-0.25, -0.2) is 8.42 Å². The molecule has 2 aromatic carbocycles. The molecule has 0 unspecified atom stereocenters. The van der Waals surface area contributed by atoms with E-state index in [1.165, 1.54) is 29.2 Å². The molecule has 23 heavy (non-hydrogen) atoms. The first-order valence-corrected chi connectivity index (χ1v) is 8.71. The number of carbonyl (C=O) groups is 1. The van der Waals surface area contributed by atoms with E-state index in [4.69, 9.17) is 11.6 Å². The number of sulfonamides is 1. The summed E-state index contributed by atoms with van der Waals surface area (Å²) in [6.07, 6.45) is 0.275. The van der Waals surface area contributed by atoms with Gasteiger partial charge in [0.25, 0.3) is 10.0 Å². The molecular formula is C16H17ClN2O3S. The molecule has 0 saturated heterocycles. The molecule has 7 heteroatoms. The van der Waals surface area contributed by atoms with Gasteiger partial charge in [-0.3, -0.25) is 9.52 Å². The molecule has 1 amide bonds. The van der Waals surface area contributed by atoms with Gasteiger partial charge in [0, 0.05) is 24.8 Å². The van der Waals surface area contributed by atoms with E-state index < -0.39 is 10.0 Å². The van der Waals surface area contributed by atoms with Crippen LogP contribution in [0, 0.1) is 0 Å². The van der Waals surface area contributed by atoms with E-state index in [0.29, 0.717) is 10.7 Å². The highest BCUT2D eigenvalue weighted by Crippen LogP contribution is 2.19. The number of rotatable bonds is 5. The molecule has 122 valence electrons. The Hall–Kier alpha value is -2.05. The zero-order chi connectivity index (χ0) is 17.0. The van der Waals surface area contributed by atoms with E-state index in [2.05, 4.69) is 4.72 Å². The average molecular weight is 353 g/mol. The van der Waals surface area contributed by atoms with E-state index in [-0.39, 0.29) is 17.2 Å². The fraction of sp³-hybridized carbons (Fsp3) is 0.188. The van der Waals surface area contributed by atoms with Gasteiger partial charge < -0.3 is 4.90 Å². The monoisotopic (exact) mass is 352 g/mol. The van der Waals surface area contributed by atoms with E-state index in [1.54, 1.807) is 38.4 Å². The Bertz CT molecular complexity index is 785. The lowest BCUT2D eigenvalue weighted by atomic mass is 10.1. The van der Waals surface area contributed by atoms with Crippen molar-refractivity contribution in [2.75, 3.05) is 18.8 Å². The number of nitrogens with zero attached hydrogens (tertiary/aromatic N) is 1. The molecule has 0 heterocycles. The second kappa shape index (κ2) is 7.02. The summed E-state index contributed by atoms with van der Waals surface area (Å²) < 4.78 is 27.0. The molecule has 0 aliphatic carbocycles. The maximum Gasteiger partial charge on any atom is 0.261 e. The molecule has 0 saturated carbocycles. The van der Waals surface area contributed by atoms with Gasteiger partial charge in [-0.15, -0.1) is 0 Å². The van der Waals surface area contributed by atoms with Crippen molar-refractivity contribution in [3.05, 3.63) is 59.1 Å². The first kappa shape index (κ1) is 17.3. The van der Waals surface area contributed by atoms with Crippen LogP contribution < -0.4 is 4.72 Å². The fourth-order valence-electron chi connectivity index (χ4n) is 1.85. The smallest absolute Gasteiger partial charge is 0.261 e. The number of halogens is 1. The van der Waals surface area contributed by atoms with Crippen molar-refractivity contribution in [3.8, 4) is 0 Å². The first-order chi connectivity index (χ1) is 10.8. The minimum absolute atomic E-state index is 0.0144. The summed E-state index contributed by atoms with van der Waals surface area (Å²) in [5, 5.41) is 0.471. The number of carbonyl (C=O) groups excluding carboxylic acids is 1. The van der Waals surface area contributed by atoms with Crippen molar-refractivity contribution in [2.45, 2.75) is 11.3 Å². The Morgan fingerprint density at radius 2 is 1.61 bits per heavy atom. The number of anilines is 1. The standard InChI is InChI=1S/C16H17ClN2O3S/c1-19(2)16(20)11-12-3-7-14(8-4-12)18-23(21,22)15-9-5-13(17)6-10-15/h3-10,18H,11H2,1-2H3. The van der Waals surface area contributed by atoms with Crippen LogP contribution in [0.5, 0.6) is 0 Å². The van der Waals surface area contributed by atoms with Crippen LogP contribution >= 0.6 is 11.6 Å². The molecule has 5 nitrogen and oxygen atoms in total. The van der Waals surface area contributed by atoms with E-state index in [0.717, 1.165) is 5.56 Å². The molecule has 1 N–H and O–H groups in total. The van der Waals surface area contributed by atoms with Gasteiger partial charge in [0.05, 0.1) is 11.3 Å². The van der Waals surface area contributed by atoms with E-state index in [9.17, 15) is 13.2 Å². The summed E-state index contributed by atoms with van der Waals surface area (Å²) in [5.41, 5.74) is 1.25. The van der Waals surface area contributed by atoms with Crippen molar-refractivity contribution >= 4 is 33.2 Å². The molecule has 0 atom stereocenters. The highest BCUT2D eigenvalue weighted by Gasteiger charge is 2.14. The second-order valence-corrected chi connectivity index (χ2v) is 7.34. The van der Waals surface area contributed by atoms with Gasteiger partial charge in [-0.1, -0.05) is 23.7 Å². The zero-order valence-electron chi connectivity index (χ0n) is 12.8. The first-order valence-electron chi connectivity index (χ1n) is 6.85. The van der Waals surface area contributed by atoms with Crippen LogP contribution in [-0.4, -0.2) is 33.3 Å². The number of nitrogens with one attached hydrogen (secondary N) is 1. The third kappa shape index (κ3) is 4.71. The van der Waals surface area contributed by atoms with Gasteiger partial charge in [0.1, 0.15) is 0 Å². The number of amides is 1. The summed E-state index contributed by atoms with van der Waals surface area (Å²) in [5.74, 6) is -0.0144. The fourth-order valence-corrected chi connectivity index (χ4v) is 3.04. The van der Waals surface area contributed by atoms with Crippen molar-refractivity contribution in [1.82, 2.24) is 4.90 Å². The summed E-state index contributed by atoms with van der Waals surface area (Å²) in [4.78, 5) is 13.3. The topological polar surface area (TPSA) is 66.5 Å². The molecule has 0 aromatic heterocycles. The van der Waals surface area contributed by atoms with E-state index in [1.807, 2.05) is 0 Å². The summed E-state index contributed by atoms with van der Waals surface area (Å²) >= 11 is 5.76. The largest absolute Gasteiger partial charge is 0.349 e. The maximum atomic E-state index is 12.2. The minimum Gasteiger partial charge on any atom is -0.349 e.